The van der Waals surface area contributed by atoms with Crippen LogP contribution in [0.2, 0.25) is 0 Å². The van der Waals surface area contributed by atoms with E-state index in [9.17, 15) is 5.11 Å². The molecule has 6 nitrogen and oxygen atoms in total. The molecule has 2 N–H and O–H groups in total. The maximum Gasteiger partial charge on any atom is 0.204 e. The summed E-state index contributed by atoms with van der Waals surface area (Å²) in [5, 5.41) is 16.0. The molecule has 2 heterocycles. The van der Waals surface area contributed by atoms with Gasteiger partial charge in [-0.25, -0.2) is 4.98 Å². The number of thiophene rings is 1. The zero-order valence-electron chi connectivity index (χ0n) is 14.0. The Morgan fingerprint density at radius 1 is 1.08 bits per heavy atom. The first kappa shape index (κ1) is 16.6. The van der Waals surface area contributed by atoms with E-state index in [2.05, 4.69) is 15.5 Å². The van der Waals surface area contributed by atoms with Gasteiger partial charge in [0.05, 0.1) is 35.5 Å². The zero-order valence-corrected chi connectivity index (χ0v) is 15.6. The minimum absolute atomic E-state index is 0.245. The van der Waals surface area contributed by atoms with Crippen LogP contribution in [0.5, 0.6) is 17.2 Å². The maximum absolute atomic E-state index is 10.3. The fourth-order valence-corrected chi connectivity index (χ4v) is 4.38. The molecular weight excluding hydrogens is 370 g/mol. The van der Waals surface area contributed by atoms with E-state index >= 15 is 0 Å². The minimum atomic E-state index is 0.245. The van der Waals surface area contributed by atoms with Crippen molar-refractivity contribution in [3.63, 3.8) is 0 Å². The Kier molecular flexibility index (Phi) is 4.36. The van der Waals surface area contributed by atoms with Crippen LogP contribution in [0.4, 0.5) is 5.13 Å². The Labute approximate surface area is 157 Å². The Bertz CT molecular complexity index is 1080. The van der Waals surface area contributed by atoms with Gasteiger partial charge in [0, 0.05) is 22.2 Å². The van der Waals surface area contributed by atoms with Gasteiger partial charge < -0.3 is 14.6 Å². The van der Waals surface area contributed by atoms with Gasteiger partial charge in [0.2, 0.25) is 5.13 Å². The Balaban J connectivity index is 1.58. The highest BCUT2D eigenvalue weighted by Gasteiger charge is 2.11. The second kappa shape index (κ2) is 6.81. The summed E-state index contributed by atoms with van der Waals surface area (Å²) in [6.45, 7) is 0. The summed E-state index contributed by atoms with van der Waals surface area (Å²) in [5.41, 5.74) is 3.72. The molecule has 0 saturated carbocycles. The normalized spacial score (nSPS) is 11.5. The number of hydrogen-bond donors (Lipinski definition) is 2. The van der Waals surface area contributed by atoms with E-state index in [1.54, 1.807) is 20.4 Å². The molecule has 0 aliphatic heterocycles. The second-order valence-electron chi connectivity index (χ2n) is 5.38. The average molecular weight is 385 g/mol. The average Bonchev–Trinajstić information content (AvgIpc) is 3.21. The van der Waals surface area contributed by atoms with E-state index in [0.717, 1.165) is 20.3 Å². The number of hydrazone groups is 1. The second-order valence-corrected chi connectivity index (χ2v) is 7.49. The van der Waals surface area contributed by atoms with E-state index in [1.807, 2.05) is 36.4 Å². The topological polar surface area (TPSA) is 76.0 Å². The lowest BCUT2D eigenvalue weighted by Gasteiger charge is -2.05. The molecule has 0 saturated heterocycles. The lowest BCUT2D eigenvalue weighted by atomic mass is 10.2. The lowest BCUT2D eigenvalue weighted by molar-refractivity contribution is 0.356. The molecule has 0 unspecified atom stereocenters. The lowest BCUT2D eigenvalue weighted by Crippen LogP contribution is -1.90. The van der Waals surface area contributed by atoms with Crippen molar-refractivity contribution >= 4 is 54.3 Å². The van der Waals surface area contributed by atoms with Gasteiger partial charge in [-0.05, 0) is 12.1 Å². The summed E-state index contributed by atoms with van der Waals surface area (Å²) < 4.78 is 12.6. The smallest absolute Gasteiger partial charge is 0.204 e. The van der Waals surface area contributed by atoms with Crippen LogP contribution in [0.3, 0.4) is 0 Å². The number of nitrogens with one attached hydrogen (secondary N) is 1. The third-order valence-electron chi connectivity index (χ3n) is 3.83. The van der Waals surface area contributed by atoms with Crippen LogP contribution in [-0.2, 0) is 0 Å². The van der Waals surface area contributed by atoms with Crippen molar-refractivity contribution < 1.29 is 14.6 Å². The van der Waals surface area contributed by atoms with Gasteiger partial charge >= 0.3 is 0 Å². The number of thiazole rings is 1. The third-order valence-corrected chi connectivity index (χ3v) is 5.85. The van der Waals surface area contributed by atoms with Crippen molar-refractivity contribution in [2.45, 2.75) is 0 Å². The largest absolute Gasteiger partial charge is 0.506 e. The number of hydrogen-bond acceptors (Lipinski definition) is 8. The first-order valence-corrected chi connectivity index (χ1v) is 9.35. The molecule has 0 atom stereocenters. The van der Waals surface area contributed by atoms with Crippen molar-refractivity contribution in [1.82, 2.24) is 4.98 Å². The molecule has 0 spiro atoms. The summed E-state index contributed by atoms with van der Waals surface area (Å²) in [5.74, 6) is 1.54. The number of rotatable bonds is 5. The van der Waals surface area contributed by atoms with Crippen molar-refractivity contribution in [1.29, 1.82) is 0 Å². The SMILES string of the molecule is COc1cc2nc(N/N=C\c3sc4ccccc4c3O)sc2cc1OC. The molecule has 0 bridgehead atoms. The fraction of sp³-hybridized carbons (Fsp3) is 0.111. The van der Waals surface area contributed by atoms with Crippen molar-refractivity contribution in [3.05, 3.63) is 41.3 Å². The van der Waals surface area contributed by atoms with Crippen molar-refractivity contribution in [2.24, 2.45) is 5.10 Å². The minimum Gasteiger partial charge on any atom is -0.506 e. The van der Waals surface area contributed by atoms with Crippen molar-refractivity contribution in [2.75, 3.05) is 19.6 Å². The van der Waals surface area contributed by atoms with Crippen LogP contribution in [0.15, 0.2) is 41.5 Å². The Morgan fingerprint density at radius 3 is 2.62 bits per heavy atom. The molecule has 0 radical (unpaired) electrons. The molecule has 26 heavy (non-hydrogen) atoms. The van der Waals surface area contributed by atoms with Crippen LogP contribution < -0.4 is 14.9 Å². The summed E-state index contributed by atoms with van der Waals surface area (Å²) >= 11 is 2.94. The van der Waals surface area contributed by atoms with Crippen molar-refractivity contribution in [3.8, 4) is 17.2 Å². The molecule has 0 aliphatic carbocycles. The van der Waals surface area contributed by atoms with E-state index in [0.29, 0.717) is 21.5 Å². The van der Waals surface area contributed by atoms with E-state index in [1.165, 1.54) is 22.7 Å². The quantitative estimate of drug-likeness (QED) is 0.385. The number of anilines is 1. The van der Waals surface area contributed by atoms with Gasteiger partial charge in [-0.1, -0.05) is 23.5 Å². The van der Waals surface area contributed by atoms with Gasteiger partial charge in [-0.15, -0.1) is 11.3 Å². The maximum atomic E-state index is 10.3. The van der Waals surface area contributed by atoms with Crippen LogP contribution in [-0.4, -0.2) is 30.5 Å². The molecule has 0 fully saturated rings. The molecule has 8 heteroatoms. The number of aromatic nitrogens is 1. The molecule has 0 amide bonds. The highest BCUT2D eigenvalue weighted by Crippen LogP contribution is 2.37. The summed E-state index contributed by atoms with van der Waals surface area (Å²) in [4.78, 5) is 5.19. The van der Waals surface area contributed by atoms with Crippen LogP contribution in [0, 0.1) is 0 Å². The highest BCUT2D eigenvalue weighted by atomic mass is 32.1. The number of ether oxygens (including phenoxy) is 2. The number of aromatic hydroxyl groups is 1. The number of nitrogens with zero attached hydrogens (tertiary/aromatic N) is 2. The Morgan fingerprint density at radius 2 is 1.85 bits per heavy atom. The van der Waals surface area contributed by atoms with Gasteiger partial charge in [-0.3, -0.25) is 5.43 Å². The van der Waals surface area contributed by atoms with Crippen LogP contribution in [0.25, 0.3) is 20.3 Å². The standard InChI is InChI=1S/C18H15N3O3S2/c1-23-12-7-11-15(8-13(12)24-2)26-18(20-11)21-19-9-16-17(22)10-5-3-4-6-14(10)25-16/h3-9,22H,1-2H3,(H,20,21)/b19-9-. The molecule has 2 aromatic heterocycles. The monoisotopic (exact) mass is 385 g/mol. The number of methoxy groups -OCH3 is 2. The first-order chi connectivity index (χ1) is 12.7. The molecule has 132 valence electrons. The van der Waals surface area contributed by atoms with Crippen LogP contribution in [0.1, 0.15) is 4.88 Å². The predicted molar refractivity (Wildman–Crippen MR) is 107 cm³/mol. The molecule has 4 rings (SSSR count). The molecule has 2 aromatic carbocycles. The van der Waals surface area contributed by atoms with E-state index in [4.69, 9.17) is 9.47 Å². The van der Waals surface area contributed by atoms with Gasteiger partial charge in [0.15, 0.2) is 11.5 Å². The van der Waals surface area contributed by atoms with Gasteiger partial charge in [0.25, 0.3) is 0 Å². The fourth-order valence-electron chi connectivity index (χ4n) is 2.59. The van der Waals surface area contributed by atoms with Crippen LogP contribution >= 0.6 is 22.7 Å². The predicted octanol–water partition coefficient (Wildman–Crippen LogP) is 4.68. The summed E-state index contributed by atoms with van der Waals surface area (Å²) in [6, 6.07) is 11.4. The van der Waals surface area contributed by atoms with E-state index in [-0.39, 0.29) is 5.75 Å². The third kappa shape index (κ3) is 2.93. The van der Waals surface area contributed by atoms with Gasteiger partial charge in [-0.2, -0.15) is 5.10 Å². The molecule has 4 aromatic rings. The highest BCUT2D eigenvalue weighted by molar-refractivity contribution is 7.22. The first-order valence-electron chi connectivity index (χ1n) is 7.71. The number of fused-ring (bicyclic) bond motifs is 2. The molecular formula is C18H15N3O3S2. The van der Waals surface area contributed by atoms with Gasteiger partial charge in [0.1, 0.15) is 5.75 Å². The summed E-state index contributed by atoms with van der Waals surface area (Å²) in [7, 11) is 3.20. The Hall–Kier alpha value is -2.84. The van der Waals surface area contributed by atoms with E-state index < -0.39 is 0 Å². The number of benzene rings is 2. The summed E-state index contributed by atoms with van der Waals surface area (Å²) in [6.07, 6.45) is 1.60. The zero-order chi connectivity index (χ0) is 18.1. The molecule has 0 aliphatic rings.